The molecular formula is C14H7Cl2IN2O2. The van der Waals surface area contributed by atoms with Gasteiger partial charge in [-0.05, 0) is 59.0 Å². The Bertz CT molecular complexity index is 820. The molecule has 0 spiro atoms. The number of hydrogen-bond donors (Lipinski definition) is 1. The molecule has 1 heterocycles. The zero-order chi connectivity index (χ0) is 15.0. The molecular weight excluding hydrogens is 426 g/mol. The Hall–Kier alpha value is -1.31. The van der Waals surface area contributed by atoms with Gasteiger partial charge in [0.05, 0.1) is 15.6 Å². The zero-order valence-corrected chi connectivity index (χ0v) is 14.0. The molecule has 4 nitrogen and oxygen atoms in total. The summed E-state index contributed by atoms with van der Waals surface area (Å²) in [6.07, 6.45) is 0. The van der Waals surface area contributed by atoms with E-state index in [2.05, 4.69) is 32.7 Å². The topological polar surface area (TPSA) is 59.2 Å². The van der Waals surface area contributed by atoms with Crippen LogP contribution in [0.3, 0.4) is 0 Å². The van der Waals surface area contributed by atoms with E-state index in [1.807, 2.05) is 0 Å². The van der Waals surface area contributed by atoms with Gasteiger partial charge in [-0.2, -0.15) is 4.98 Å². The van der Waals surface area contributed by atoms with Crippen LogP contribution >= 0.6 is 45.8 Å². The average molecular weight is 433 g/mol. The van der Waals surface area contributed by atoms with Gasteiger partial charge in [-0.15, -0.1) is 0 Å². The van der Waals surface area contributed by atoms with Crippen molar-refractivity contribution in [2.75, 3.05) is 0 Å². The van der Waals surface area contributed by atoms with Crippen molar-refractivity contribution in [2.24, 2.45) is 0 Å². The van der Waals surface area contributed by atoms with Gasteiger partial charge in [0.25, 0.3) is 5.89 Å². The molecule has 0 aliphatic rings. The van der Waals surface area contributed by atoms with Crippen LogP contribution < -0.4 is 0 Å². The minimum atomic E-state index is 0.0831. The van der Waals surface area contributed by atoms with Crippen molar-refractivity contribution >= 4 is 45.8 Å². The predicted molar refractivity (Wildman–Crippen MR) is 89.6 cm³/mol. The zero-order valence-electron chi connectivity index (χ0n) is 10.3. The van der Waals surface area contributed by atoms with Crippen molar-refractivity contribution in [1.29, 1.82) is 0 Å². The highest BCUT2D eigenvalue weighted by Gasteiger charge is 2.15. The second kappa shape index (κ2) is 5.82. The largest absolute Gasteiger partial charge is 0.507 e. The lowest BCUT2D eigenvalue weighted by molar-refractivity contribution is 0.425. The second-order valence-corrected chi connectivity index (χ2v) is 6.27. The van der Waals surface area contributed by atoms with Gasteiger partial charge in [-0.3, -0.25) is 0 Å². The van der Waals surface area contributed by atoms with Crippen LogP contribution in [0.25, 0.3) is 22.8 Å². The van der Waals surface area contributed by atoms with Gasteiger partial charge in [-0.25, -0.2) is 0 Å². The quantitative estimate of drug-likeness (QED) is 0.577. The lowest BCUT2D eigenvalue weighted by Crippen LogP contribution is -1.83. The standard InChI is InChI=1S/C14H7Cl2IN2O2/c15-10-3-1-7(5-11(10)16)13-18-14(21-19-13)9-6-8(17)2-4-12(9)20/h1-6,20H. The van der Waals surface area contributed by atoms with Crippen LogP contribution in [0, 0.1) is 3.57 Å². The van der Waals surface area contributed by atoms with Crippen molar-refractivity contribution in [2.45, 2.75) is 0 Å². The third kappa shape index (κ3) is 3.00. The van der Waals surface area contributed by atoms with E-state index in [0.29, 0.717) is 27.0 Å². The molecule has 0 radical (unpaired) electrons. The molecule has 2 aromatic carbocycles. The molecule has 0 saturated heterocycles. The van der Waals surface area contributed by atoms with Gasteiger partial charge in [0.2, 0.25) is 5.82 Å². The monoisotopic (exact) mass is 432 g/mol. The summed E-state index contributed by atoms with van der Waals surface area (Å²) >= 11 is 14.0. The van der Waals surface area contributed by atoms with Crippen LogP contribution in [0.15, 0.2) is 40.9 Å². The molecule has 7 heteroatoms. The summed E-state index contributed by atoms with van der Waals surface area (Å²) < 4.78 is 6.16. The smallest absolute Gasteiger partial charge is 0.262 e. The molecule has 0 aliphatic carbocycles. The van der Waals surface area contributed by atoms with Crippen LogP contribution in [-0.4, -0.2) is 15.2 Å². The van der Waals surface area contributed by atoms with Gasteiger partial charge in [0, 0.05) is 9.13 Å². The van der Waals surface area contributed by atoms with E-state index in [-0.39, 0.29) is 11.6 Å². The fourth-order valence-corrected chi connectivity index (χ4v) is 2.55. The highest BCUT2D eigenvalue weighted by Crippen LogP contribution is 2.32. The number of phenols is 1. The first-order valence-corrected chi connectivity index (χ1v) is 7.66. The van der Waals surface area contributed by atoms with Crippen molar-refractivity contribution in [3.63, 3.8) is 0 Å². The molecule has 106 valence electrons. The predicted octanol–water partition coefficient (Wildman–Crippen LogP) is 5.02. The lowest BCUT2D eigenvalue weighted by Gasteiger charge is -1.99. The molecule has 0 saturated carbocycles. The molecule has 21 heavy (non-hydrogen) atoms. The number of halogens is 3. The fraction of sp³-hybridized carbons (Fsp3) is 0. The van der Waals surface area contributed by atoms with Crippen molar-refractivity contribution in [3.8, 4) is 28.6 Å². The molecule has 0 bridgehead atoms. The summed E-state index contributed by atoms with van der Waals surface area (Å²) in [5, 5.41) is 14.7. The molecule has 0 fully saturated rings. The fourth-order valence-electron chi connectivity index (χ4n) is 1.76. The summed E-state index contributed by atoms with van der Waals surface area (Å²) in [4.78, 5) is 4.28. The third-order valence-corrected chi connectivity index (χ3v) is 4.20. The molecule has 0 aliphatic heterocycles. The van der Waals surface area contributed by atoms with E-state index >= 15 is 0 Å². The van der Waals surface area contributed by atoms with E-state index in [1.54, 1.807) is 36.4 Å². The Kier molecular flexibility index (Phi) is 4.05. The number of aromatic hydroxyl groups is 1. The summed E-state index contributed by atoms with van der Waals surface area (Å²) in [5.41, 5.74) is 1.17. The maximum atomic E-state index is 9.88. The maximum absolute atomic E-state index is 9.88. The van der Waals surface area contributed by atoms with Crippen LogP contribution in [0.1, 0.15) is 0 Å². The number of rotatable bonds is 2. The minimum absolute atomic E-state index is 0.0831. The Morgan fingerprint density at radius 3 is 2.62 bits per heavy atom. The second-order valence-electron chi connectivity index (χ2n) is 4.21. The van der Waals surface area contributed by atoms with E-state index in [4.69, 9.17) is 27.7 Å². The highest BCUT2D eigenvalue weighted by atomic mass is 127. The van der Waals surface area contributed by atoms with Crippen molar-refractivity contribution in [1.82, 2.24) is 10.1 Å². The normalized spacial score (nSPS) is 10.8. The number of hydrogen-bond acceptors (Lipinski definition) is 4. The number of benzene rings is 2. The maximum Gasteiger partial charge on any atom is 0.262 e. The summed E-state index contributed by atoms with van der Waals surface area (Å²) in [6.45, 7) is 0. The van der Waals surface area contributed by atoms with Gasteiger partial charge in [0.15, 0.2) is 0 Å². The van der Waals surface area contributed by atoms with E-state index < -0.39 is 0 Å². The average Bonchev–Trinajstić information content (AvgIpc) is 2.94. The first kappa shape index (κ1) is 14.6. The molecule has 0 atom stereocenters. The first-order chi connectivity index (χ1) is 10.0. The van der Waals surface area contributed by atoms with Gasteiger partial charge in [0.1, 0.15) is 5.75 Å². The first-order valence-electron chi connectivity index (χ1n) is 5.82. The van der Waals surface area contributed by atoms with Crippen molar-refractivity contribution in [3.05, 3.63) is 50.0 Å². The SMILES string of the molecule is Oc1ccc(I)cc1-c1nc(-c2ccc(Cl)c(Cl)c2)no1. The van der Waals surface area contributed by atoms with Gasteiger partial charge >= 0.3 is 0 Å². The third-order valence-electron chi connectivity index (χ3n) is 2.79. The lowest BCUT2D eigenvalue weighted by atomic mass is 10.2. The summed E-state index contributed by atoms with van der Waals surface area (Å²) in [7, 11) is 0. The van der Waals surface area contributed by atoms with Crippen LogP contribution in [0.5, 0.6) is 5.75 Å². The Labute approximate surface area is 143 Å². The molecule has 0 unspecified atom stereocenters. The molecule has 1 N–H and O–H groups in total. The van der Waals surface area contributed by atoms with E-state index in [1.165, 1.54) is 0 Å². The molecule has 3 rings (SSSR count). The van der Waals surface area contributed by atoms with Gasteiger partial charge in [-0.1, -0.05) is 28.4 Å². The molecule has 3 aromatic rings. The Balaban J connectivity index is 2.03. The van der Waals surface area contributed by atoms with Gasteiger partial charge < -0.3 is 9.63 Å². The van der Waals surface area contributed by atoms with E-state index in [9.17, 15) is 5.11 Å². The number of aromatic nitrogens is 2. The molecule has 1 aromatic heterocycles. The molecule has 0 amide bonds. The number of nitrogens with zero attached hydrogens (tertiary/aromatic N) is 2. The number of phenolic OH excluding ortho intramolecular Hbond substituents is 1. The highest BCUT2D eigenvalue weighted by molar-refractivity contribution is 14.1. The van der Waals surface area contributed by atoms with Crippen LogP contribution in [-0.2, 0) is 0 Å². The Morgan fingerprint density at radius 2 is 1.86 bits per heavy atom. The summed E-state index contributed by atoms with van der Waals surface area (Å²) in [5.74, 6) is 0.702. The Morgan fingerprint density at radius 1 is 1.05 bits per heavy atom. The van der Waals surface area contributed by atoms with E-state index in [0.717, 1.165) is 3.57 Å². The minimum Gasteiger partial charge on any atom is -0.507 e. The van der Waals surface area contributed by atoms with Crippen LogP contribution in [0.2, 0.25) is 10.0 Å². The summed E-state index contributed by atoms with van der Waals surface area (Å²) in [6, 6.07) is 10.2. The van der Waals surface area contributed by atoms with Crippen LogP contribution in [0.4, 0.5) is 0 Å². The van der Waals surface area contributed by atoms with Crippen molar-refractivity contribution < 1.29 is 9.63 Å².